The lowest BCUT2D eigenvalue weighted by molar-refractivity contribution is 0.220. The zero-order valence-corrected chi connectivity index (χ0v) is 16.7. The molecule has 0 amide bonds. The summed E-state index contributed by atoms with van der Waals surface area (Å²) in [6, 6.07) is 0. The fourth-order valence-corrected chi connectivity index (χ4v) is 9.26. The van der Waals surface area contributed by atoms with Crippen LogP contribution in [0.15, 0.2) is 11.8 Å². The minimum atomic E-state index is -3.04. The lowest BCUT2D eigenvalue weighted by Gasteiger charge is -2.32. The molecule has 0 saturated carbocycles. The number of rotatable bonds is 8. The average Bonchev–Trinajstić information content (AvgIpc) is 2.13. The van der Waals surface area contributed by atoms with E-state index in [-0.39, 0.29) is 5.28 Å². The number of hydrogen-bond donors (Lipinski definition) is 0. The van der Waals surface area contributed by atoms with Gasteiger partial charge in [0.25, 0.3) is 0 Å². The Kier molecular flexibility index (Phi) is 7.49. The van der Waals surface area contributed by atoms with Gasteiger partial charge in [-0.25, -0.2) is 0 Å². The van der Waals surface area contributed by atoms with Gasteiger partial charge >= 0.3 is 7.60 Å². The molecular formula is C13H31O3PSi2. The molecule has 0 bridgehead atoms. The first kappa shape index (κ1) is 19.3. The van der Waals surface area contributed by atoms with Crippen molar-refractivity contribution in [2.45, 2.75) is 58.4 Å². The molecule has 6 heteroatoms. The van der Waals surface area contributed by atoms with Crippen molar-refractivity contribution in [1.29, 1.82) is 0 Å². The zero-order valence-electron chi connectivity index (χ0n) is 13.8. The first-order chi connectivity index (χ1) is 8.46. The van der Waals surface area contributed by atoms with Crippen molar-refractivity contribution in [2.24, 2.45) is 0 Å². The van der Waals surface area contributed by atoms with Gasteiger partial charge in [0.2, 0.25) is 0 Å². The molecule has 0 fully saturated rings. The topological polar surface area (TPSA) is 35.5 Å². The van der Waals surface area contributed by atoms with Crippen LogP contribution in [0.2, 0.25) is 39.3 Å². The molecule has 0 aromatic rings. The van der Waals surface area contributed by atoms with E-state index in [2.05, 4.69) is 51.1 Å². The normalized spacial score (nSPS) is 16.0. The molecule has 0 N–H and O–H groups in total. The van der Waals surface area contributed by atoms with Crippen molar-refractivity contribution in [3.05, 3.63) is 11.8 Å². The molecule has 1 atom stereocenters. The van der Waals surface area contributed by atoms with Crippen molar-refractivity contribution in [3.63, 3.8) is 0 Å². The SMILES string of the molecule is CCOP(=O)(OCC)C(C=C[Si](C)(C)C)[Si](C)(C)C. The molecule has 0 aromatic carbocycles. The maximum atomic E-state index is 13.0. The highest BCUT2D eigenvalue weighted by atomic mass is 31.2. The van der Waals surface area contributed by atoms with E-state index in [1.54, 1.807) is 0 Å². The molecule has 0 spiro atoms. The Bertz CT molecular complexity index is 333. The summed E-state index contributed by atoms with van der Waals surface area (Å²) >= 11 is 0. The molecule has 0 heterocycles. The predicted octanol–water partition coefficient (Wildman–Crippen LogP) is 4.93. The third-order valence-corrected chi connectivity index (χ3v) is 11.1. The fourth-order valence-electron chi connectivity index (χ4n) is 1.81. The van der Waals surface area contributed by atoms with E-state index in [4.69, 9.17) is 9.05 Å². The van der Waals surface area contributed by atoms with Crippen molar-refractivity contribution in [3.8, 4) is 0 Å². The molecule has 0 aliphatic heterocycles. The van der Waals surface area contributed by atoms with Crippen LogP contribution in [0.1, 0.15) is 13.8 Å². The molecule has 0 aliphatic carbocycles. The highest BCUT2D eigenvalue weighted by Crippen LogP contribution is 2.56. The molecule has 0 rings (SSSR count). The van der Waals surface area contributed by atoms with Crippen molar-refractivity contribution < 1.29 is 13.6 Å². The molecule has 19 heavy (non-hydrogen) atoms. The summed E-state index contributed by atoms with van der Waals surface area (Å²) in [5.41, 5.74) is 2.26. The Balaban J connectivity index is 5.45. The van der Waals surface area contributed by atoms with Gasteiger partial charge in [0.05, 0.1) is 34.6 Å². The number of hydrogen-bond acceptors (Lipinski definition) is 3. The van der Waals surface area contributed by atoms with Gasteiger partial charge in [-0.1, -0.05) is 51.1 Å². The molecule has 114 valence electrons. The first-order valence-corrected chi connectivity index (χ1v) is 15.8. The second-order valence-corrected chi connectivity index (χ2v) is 20.0. The summed E-state index contributed by atoms with van der Waals surface area (Å²) in [6.45, 7) is 18.1. The van der Waals surface area contributed by atoms with Gasteiger partial charge in [-0.05, 0) is 13.8 Å². The molecule has 0 aromatic heterocycles. The highest BCUT2D eigenvalue weighted by molar-refractivity contribution is 7.58. The Morgan fingerprint density at radius 3 is 1.68 bits per heavy atom. The van der Waals surface area contributed by atoms with Gasteiger partial charge in [0.15, 0.2) is 0 Å². The van der Waals surface area contributed by atoms with Crippen LogP contribution in [-0.2, 0) is 13.6 Å². The van der Waals surface area contributed by atoms with E-state index in [1.807, 2.05) is 13.8 Å². The Labute approximate surface area is 121 Å². The lowest BCUT2D eigenvalue weighted by atomic mass is 10.7. The maximum absolute atomic E-state index is 13.0. The first-order valence-electron chi connectivity index (χ1n) is 7.04. The molecule has 0 radical (unpaired) electrons. The Hall–Kier alpha value is 0.324. The van der Waals surface area contributed by atoms with Crippen LogP contribution in [0.25, 0.3) is 0 Å². The van der Waals surface area contributed by atoms with Crippen LogP contribution in [0.3, 0.4) is 0 Å². The largest absolute Gasteiger partial charge is 0.334 e. The van der Waals surface area contributed by atoms with Gasteiger partial charge in [-0.3, -0.25) is 4.57 Å². The van der Waals surface area contributed by atoms with E-state index in [1.165, 1.54) is 0 Å². The van der Waals surface area contributed by atoms with Crippen LogP contribution >= 0.6 is 7.60 Å². The van der Waals surface area contributed by atoms with E-state index < -0.39 is 23.7 Å². The second-order valence-electron chi connectivity index (χ2n) is 6.91. The summed E-state index contributed by atoms with van der Waals surface area (Å²) in [4.78, 5) is 0. The highest BCUT2D eigenvalue weighted by Gasteiger charge is 2.42. The second kappa shape index (κ2) is 7.37. The quantitative estimate of drug-likeness (QED) is 0.469. The summed E-state index contributed by atoms with van der Waals surface area (Å²) in [5, 5.41) is -0.0633. The van der Waals surface area contributed by atoms with Crippen LogP contribution in [0, 0.1) is 0 Å². The van der Waals surface area contributed by atoms with Gasteiger partial charge < -0.3 is 9.05 Å². The molecule has 0 aliphatic rings. The van der Waals surface area contributed by atoms with Crippen molar-refractivity contribution in [2.75, 3.05) is 13.2 Å². The minimum absolute atomic E-state index is 0.0633. The predicted molar refractivity (Wildman–Crippen MR) is 90.5 cm³/mol. The Morgan fingerprint density at radius 2 is 1.42 bits per heavy atom. The van der Waals surface area contributed by atoms with E-state index >= 15 is 0 Å². The Morgan fingerprint density at radius 1 is 1.00 bits per heavy atom. The standard InChI is InChI=1S/C13H31O3PSi2/c1-9-15-17(14,16-10-2)13(19(6,7)8)11-12-18(3,4)5/h11-13H,9-10H2,1-8H3. The minimum Gasteiger partial charge on any atom is -0.309 e. The van der Waals surface area contributed by atoms with Gasteiger partial charge in [0, 0.05) is 0 Å². The van der Waals surface area contributed by atoms with Gasteiger partial charge in [-0.15, -0.1) is 0 Å². The van der Waals surface area contributed by atoms with Crippen LogP contribution < -0.4 is 0 Å². The monoisotopic (exact) mass is 322 g/mol. The third kappa shape index (κ3) is 7.05. The molecular weight excluding hydrogens is 291 g/mol. The van der Waals surface area contributed by atoms with Crippen LogP contribution in [0.5, 0.6) is 0 Å². The molecule has 1 unspecified atom stereocenters. The lowest BCUT2D eigenvalue weighted by Crippen LogP contribution is -2.38. The number of allylic oxidation sites excluding steroid dienone is 1. The summed E-state index contributed by atoms with van der Waals surface area (Å²) in [5.74, 6) is 0. The summed E-state index contributed by atoms with van der Waals surface area (Å²) < 4.78 is 24.1. The summed E-state index contributed by atoms with van der Waals surface area (Å²) in [6.07, 6.45) is 2.13. The van der Waals surface area contributed by atoms with E-state index in [0.29, 0.717) is 13.2 Å². The smallest absolute Gasteiger partial charge is 0.309 e. The van der Waals surface area contributed by atoms with E-state index in [0.717, 1.165) is 0 Å². The zero-order chi connectivity index (χ0) is 15.3. The third-order valence-electron chi connectivity index (χ3n) is 2.62. The van der Waals surface area contributed by atoms with Gasteiger partial charge in [0.1, 0.15) is 0 Å². The van der Waals surface area contributed by atoms with Crippen molar-refractivity contribution in [1.82, 2.24) is 0 Å². The van der Waals surface area contributed by atoms with Crippen LogP contribution in [0.4, 0.5) is 0 Å². The van der Waals surface area contributed by atoms with Crippen molar-refractivity contribution >= 4 is 23.7 Å². The average molecular weight is 323 g/mol. The van der Waals surface area contributed by atoms with Crippen LogP contribution in [-0.4, -0.2) is 34.6 Å². The van der Waals surface area contributed by atoms with Gasteiger partial charge in [-0.2, -0.15) is 0 Å². The molecule has 3 nitrogen and oxygen atoms in total. The van der Waals surface area contributed by atoms with E-state index in [9.17, 15) is 4.57 Å². The maximum Gasteiger partial charge on any atom is 0.334 e. The fraction of sp³-hybridized carbons (Fsp3) is 0.846. The summed E-state index contributed by atoms with van der Waals surface area (Å²) in [7, 11) is -6.03. The molecule has 0 saturated heterocycles.